The van der Waals surface area contributed by atoms with Crippen LogP contribution in [0.4, 0.5) is 0 Å². The summed E-state index contributed by atoms with van der Waals surface area (Å²) >= 11 is 0. The van der Waals surface area contributed by atoms with Crippen molar-refractivity contribution in [1.29, 1.82) is 0 Å². The molecule has 2 heterocycles. The number of hydrogen-bond donors (Lipinski definition) is 1. The van der Waals surface area contributed by atoms with Gasteiger partial charge in [-0.3, -0.25) is 14.6 Å². The van der Waals surface area contributed by atoms with E-state index in [4.69, 9.17) is 0 Å². The van der Waals surface area contributed by atoms with Crippen LogP contribution in [0.15, 0.2) is 18.3 Å². The third-order valence-electron chi connectivity index (χ3n) is 3.73. The predicted molar refractivity (Wildman–Crippen MR) is 74.1 cm³/mol. The fraction of sp³-hybridized carbons (Fsp3) is 0.533. The maximum Gasteiger partial charge on any atom is 0.309 e. The largest absolute Gasteiger partial charge is 0.481 e. The van der Waals surface area contributed by atoms with Crippen molar-refractivity contribution in [2.45, 2.75) is 39.2 Å². The van der Waals surface area contributed by atoms with E-state index < -0.39 is 17.9 Å². The van der Waals surface area contributed by atoms with Crippen LogP contribution in [0, 0.1) is 12.8 Å². The maximum absolute atomic E-state index is 12.1. The van der Waals surface area contributed by atoms with Crippen LogP contribution in [0.3, 0.4) is 0 Å². The molecule has 20 heavy (non-hydrogen) atoms. The van der Waals surface area contributed by atoms with Crippen molar-refractivity contribution in [2.75, 3.05) is 6.54 Å². The van der Waals surface area contributed by atoms with Crippen LogP contribution >= 0.6 is 0 Å². The zero-order valence-corrected chi connectivity index (χ0v) is 11.9. The number of carboxylic acid groups (broad SMARTS) is 1. The molecular formula is C15H20N2O3. The van der Waals surface area contributed by atoms with Crippen molar-refractivity contribution in [1.82, 2.24) is 9.88 Å². The number of likely N-dealkylation sites (tertiary alicyclic amines) is 1. The topological polar surface area (TPSA) is 70.5 Å². The molecular weight excluding hydrogens is 256 g/mol. The lowest BCUT2D eigenvalue weighted by atomic mass is 9.86. The quantitative estimate of drug-likeness (QED) is 0.915. The van der Waals surface area contributed by atoms with Crippen LogP contribution in [-0.4, -0.2) is 33.4 Å². The first-order chi connectivity index (χ1) is 9.54. The van der Waals surface area contributed by atoms with E-state index in [1.54, 1.807) is 11.1 Å². The Bertz CT molecular complexity index is 498. The van der Waals surface area contributed by atoms with Crippen LogP contribution in [-0.2, 0) is 9.59 Å². The Morgan fingerprint density at radius 1 is 1.50 bits per heavy atom. The van der Waals surface area contributed by atoms with Gasteiger partial charge in [-0.05, 0) is 31.4 Å². The molecule has 0 spiro atoms. The molecule has 1 aromatic heterocycles. The molecule has 0 bridgehead atoms. The van der Waals surface area contributed by atoms with E-state index in [9.17, 15) is 14.7 Å². The molecule has 0 radical (unpaired) electrons. The van der Waals surface area contributed by atoms with E-state index in [1.165, 1.54) is 0 Å². The van der Waals surface area contributed by atoms with Gasteiger partial charge in [0.05, 0.1) is 17.7 Å². The number of carbonyl (C=O) groups is 2. The number of aromatic nitrogens is 1. The second-order valence-electron chi connectivity index (χ2n) is 5.28. The van der Waals surface area contributed by atoms with Crippen molar-refractivity contribution in [2.24, 2.45) is 5.92 Å². The average molecular weight is 276 g/mol. The number of aryl methyl sites for hydroxylation is 1. The SMILES string of the molecule is CCCN1C(=O)CCC(C(=O)O)C1c1ccc(C)cn1. The fourth-order valence-electron chi connectivity index (χ4n) is 2.74. The van der Waals surface area contributed by atoms with Gasteiger partial charge < -0.3 is 10.0 Å². The van der Waals surface area contributed by atoms with E-state index in [1.807, 2.05) is 26.0 Å². The number of carboxylic acids is 1. The van der Waals surface area contributed by atoms with Gasteiger partial charge in [0, 0.05) is 19.2 Å². The molecule has 108 valence electrons. The summed E-state index contributed by atoms with van der Waals surface area (Å²) in [6.45, 7) is 4.49. The highest BCUT2D eigenvalue weighted by molar-refractivity contribution is 5.81. The molecule has 0 saturated carbocycles. The monoisotopic (exact) mass is 276 g/mol. The summed E-state index contributed by atoms with van der Waals surface area (Å²) in [5.74, 6) is -1.41. The number of rotatable bonds is 4. The molecule has 1 saturated heterocycles. The van der Waals surface area contributed by atoms with E-state index in [0.717, 1.165) is 12.0 Å². The highest BCUT2D eigenvalue weighted by Crippen LogP contribution is 2.36. The first kappa shape index (κ1) is 14.5. The van der Waals surface area contributed by atoms with Crippen LogP contribution in [0.2, 0.25) is 0 Å². The van der Waals surface area contributed by atoms with Gasteiger partial charge >= 0.3 is 5.97 Å². The maximum atomic E-state index is 12.1. The van der Waals surface area contributed by atoms with Crippen molar-refractivity contribution in [3.05, 3.63) is 29.6 Å². The number of amides is 1. The molecule has 5 nitrogen and oxygen atoms in total. The number of aliphatic carboxylic acids is 1. The molecule has 5 heteroatoms. The zero-order valence-electron chi connectivity index (χ0n) is 11.9. The molecule has 1 N–H and O–H groups in total. The van der Waals surface area contributed by atoms with Crippen LogP contribution in [0.5, 0.6) is 0 Å². The molecule has 1 aromatic rings. The number of piperidine rings is 1. The van der Waals surface area contributed by atoms with E-state index in [2.05, 4.69) is 4.98 Å². The molecule has 2 atom stereocenters. The third-order valence-corrected chi connectivity index (χ3v) is 3.73. The van der Waals surface area contributed by atoms with Gasteiger partial charge in [0.2, 0.25) is 5.91 Å². The summed E-state index contributed by atoms with van der Waals surface area (Å²) in [4.78, 5) is 29.6. The fourth-order valence-corrected chi connectivity index (χ4v) is 2.74. The second-order valence-corrected chi connectivity index (χ2v) is 5.28. The summed E-state index contributed by atoms with van der Waals surface area (Å²) in [6.07, 6.45) is 3.21. The van der Waals surface area contributed by atoms with Crippen molar-refractivity contribution < 1.29 is 14.7 Å². The Morgan fingerprint density at radius 2 is 2.25 bits per heavy atom. The van der Waals surface area contributed by atoms with Gasteiger partial charge in [-0.15, -0.1) is 0 Å². The van der Waals surface area contributed by atoms with E-state index >= 15 is 0 Å². The average Bonchev–Trinajstić information content (AvgIpc) is 2.42. The van der Waals surface area contributed by atoms with E-state index in [0.29, 0.717) is 25.1 Å². The summed E-state index contributed by atoms with van der Waals surface area (Å²) in [6, 6.07) is 3.29. The molecule has 0 aromatic carbocycles. The highest BCUT2D eigenvalue weighted by Gasteiger charge is 2.40. The lowest BCUT2D eigenvalue weighted by Crippen LogP contribution is -2.45. The van der Waals surface area contributed by atoms with Gasteiger partial charge in [-0.1, -0.05) is 13.0 Å². The lowest BCUT2D eigenvalue weighted by Gasteiger charge is -2.39. The number of hydrogen-bond acceptors (Lipinski definition) is 3. The number of nitrogens with zero attached hydrogens (tertiary/aromatic N) is 2. The summed E-state index contributed by atoms with van der Waals surface area (Å²) in [7, 11) is 0. The summed E-state index contributed by atoms with van der Waals surface area (Å²) in [5, 5.41) is 9.43. The standard InChI is InChI=1S/C15H20N2O3/c1-3-8-17-13(18)7-5-11(15(19)20)14(17)12-6-4-10(2)9-16-12/h4,6,9,11,14H,3,5,7-8H2,1-2H3,(H,19,20). The van der Waals surface area contributed by atoms with Gasteiger partial charge in [-0.2, -0.15) is 0 Å². The van der Waals surface area contributed by atoms with E-state index in [-0.39, 0.29) is 5.91 Å². The Balaban J connectivity index is 2.39. The highest BCUT2D eigenvalue weighted by atomic mass is 16.4. The Morgan fingerprint density at radius 3 is 2.80 bits per heavy atom. The van der Waals surface area contributed by atoms with Crippen LogP contribution in [0.25, 0.3) is 0 Å². The van der Waals surface area contributed by atoms with Crippen LogP contribution < -0.4 is 0 Å². The first-order valence-electron chi connectivity index (χ1n) is 6.99. The van der Waals surface area contributed by atoms with Gasteiger partial charge in [0.15, 0.2) is 0 Å². The molecule has 1 fully saturated rings. The van der Waals surface area contributed by atoms with Gasteiger partial charge in [0.25, 0.3) is 0 Å². The summed E-state index contributed by atoms with van der Waals surface area (Å²) in [5.41, 5.74) is 1.69. The third kappa shape index (κ3) is 2.81. The predicted octanol–water partition coefficient (Wildman–Crippen LogP) is 2.16. The molecule has 2 unspecified atom stereocenters. The molecule has 1 amide bonds. The first-order valence-corrected chi connectivity index (χ1v) is 6.99. The Labute approximate surface area is 118 Å². The van der Waals surface area contributed by atoms with Crippen molar-refractivity contribution in [3.63, 3.8) is 0 Å². The minimum atomic E-state index is -0.856. The smallest absolute Gasteiger partial charge is 0.309 e. The van der Waals surface area contributed by atoms with Crippen molar-refractivity contribution >= 4 is 11.9 Å². The Kier molecular flexibility index (Phi) is 4.37. The number of carbonyl (C=O) groups excluding carboxylic acids is 1. The molecule has 1 aliphatic rings. The molecule has 2 rings (SSSR count). The zero-order chi connectivity index (χ0) is 14.7. The van der Waals surface area contributed by atoms with Crippen molar-refractivity contribution in [3.8, 4) is 0 Å². The normalized spacial score (nSPS) is 22.9. The Hall–Kier alpha value is -1.91. The number of pyridine rings is 1. The van der Waals surface area contributed by atoms with Gasteiger partial charge in [0.1, 0.15) is 0 Å². The summed E-state index contributed by atoms with van der Waals surface area (Å²) < 4.78 is 0. The minimum Gasteiger partial charge on any atom is -0.481 e. The molecule has 0 aliphatic carbocycles. The lowest BCUT2D eigenvalue weighted by molar-refractivity contribution is -0.152. The minimum absolute atomic E-state index is 0.0247. The van der Waals surface area contributed by atoms with Crippen LogP contribution in [0.1, 0.15) is 43.5 Å². The molecule has 1 aliphatic heterocycles. The second kappa shape index (κ2) is 6.03. The van der Waals surface area contributed by atoms with Gasteiger partial charge in [-0.25, -0.2) is 0 Å².